The van der Waals surface area contributed by atoms with E-state index >= 15 is 0 Å². The number of rotatable bonds is 7. The Balaban J connectivity index is 1.85. The minimum Gasteiger partial charge on any atom is -0.501 e. The van der Waals surface area contributed by atoms with E-state index in [9.17, 15) is 22.8 Å². The summed E-state index contributed by atoms with van der Waals surface area (Å²) in [5, 5.41) is 6.41. The number of carbonyl (C=O) groups is 2. The van der Waals surface area contributed by atoms with Gasteiger partial charge < -0.3 is 15.8 Å². The zero-order chi connectivity index (χ0) is 23.3. The van der Waals surface area contributed by atoms with Crippen molar-refractivity contribution < 1.29 is 27.5 Å². The highest BCUT2D eigenvalue weighted by Gasteiger charge is 2.33. The van der Waals surface area contributed by atoms with Crippen LogP contribution in [-0.2, 0) is 10.9 Å². The van der Waals surface area contributed by atoms with Crippen molar-refractivity contribution in [1.82, 2.24) is 14.8 Å². The summed E-state index contributed by atoms with van der Waals surface area (Å²) < 4.78 is 45.0. The van der Waals surface area contributed by atoms with Gasteiger partial charge in [0.1, 0.15) is 11.4 Å². The summed E-state index contributed by atoms with van der Waals surface area (Å²) in [6.07, 6.45) is -0.0529. The average Bonchev–Trinajstić information content (AvgIpc) is 3.18. The molecule has 8 nitrogen and oxygen atoms in total. The van der Waals surface area contributed by atoms with Crippen molar-refractivity contribution in [2.24, 2.45) is 5.73 Å². The number of aromatic nitrogens is 3. The van der Waals surface area contributed by atoms with E-state index in [1.807, 2.05) is 6.92 Å². The summed E-state index contributed by atoms with van der Waals surface area (Å²) in [6.45, 7) is 2.41. The fourth-order valence-electron chi connectivity index (χ4n) is 2.65. The number of halogens is 3. The highest BCUT2D eigenvalue weighted by Crippen LogP contribution is 2.27. The van der Waals surface area contributed by atoms with Crippen molar-refractivity contribution in [2.75, 3.05) is 11.9 Å². The normalized spacial score (nSPS) is 11.5. The van der Waals surface area contributed by atoms with Crippen LogP contribution >= 0.6 is 0 Å². The largest absolute Gasteiger partial charge is 0.501 e. The molecular weight excluding hydrogens is 427 g/mol. The highest BCUT2D eigenvalue weighted by atomic mass is 19.4. The Morgan fingerprint density at radius 3 is 2.53 bits per heavy atom. The van der Waals surface area contributed by atoms with E-state index in [2.05, 4.69) is 15.4 Å². The van der Waals surface area contributed by atoms with Crippen LogP contribution in [0.2, 0.25) is 0 Å². The lowest BCUT2D eigenvalue weighted by atomic mass is 10.2. The van der Waals surface area contributed by atoms with E-state index in [1.165, 1.54) is 10.9 Å². The fraction of sp³-hybridized carbons (Fsp3) is 0.143. The van der Waals surface area contributed by atoms with Crippen LogP contribution in [0, 0.1) is 0 Å². The lowest BCUT2D eigenvalue weighted by molar-refractivity contribution is -0.141. The van der Waals surface area contributed by atoms with Crippen LogP contribution in [0.25, 0.3) is 11.8 Å². The zero-order valence-electron chi connectivity index (χ0n) is 16.8. The molecule has 0 fully saturated rings. The van der Waals surface area contributed by atoms with E-state index < -0.39 is 29.4 Å². The summed E-state index contributed by atoms with van der Waals surface area (Å²) in [5.74, 6) is -1.87. The number of alkyl halides is 3. The van der Waals surface area contributed by atoms with Gasteiger partial charge in [-0.25, -0.2) is 9.67 Å². The van der Waals surface area contributed by atoms with Crippen LogP contribution in [0.5, 0.6) is 0 Å². The number of benzene rings is 1. The summed E-state index contributed by atoms with van der Waals surface area (Å²) in [4.78, 5) is 27.5. The van der Waals surface area contributed by atoms with Crippen LogP contribution in [0.4, 0.5) is 18.9 Å². The fourth-order valence-corrected chi connectivity index (χ4v) is 2.65. The van der Waals surface area contributed by atoms with Gasteiger partial charge in [0, 0.05) is 0 Å². The smallest absolute Gasteiger partial charge is 0.433 e. The molecule has 0 atom stereocenters. The van der Waals surface area contributed by atoms with Gasteiger partial charge in [-0.1, -0.05) is 18.2 Å². The highest BCUT2D eigenvalue weighted by molar-refractivity contribution is 6.07. The monoisotopic (exact) mass is 445 g/mol. The molecule has 0 radical (unpaired) electrons. The second-order valence-corrected chi connectivity index (χ2v) is 6.41. The Kier molecular flexibility index (Phi) is 6.57. The number of hydrogen-bond acceptors (Lipinski definition) is 5. The number of nitrogens with one attached hydrogen (secondary N) is 1. The van der Waals surface area contributed by atoms with Crippen molar-refractivity contribution in [1.29, 1.82) is 0 Å². The molecule has 0 saturated heterocycles. The molecule has 2 aromatic heterocycles. The molecular formula is C21H18F3N5O3. The molecule has 0 spiro atoms. The van der Waals surface area contributed by atoms with Gasteiger partial charge in [-0.05, 0) is 42.8 Å². The molecule has 0 unspecified atom stereocenters. The van der Waals surface area contributed by atoms with Crippen molar-refractivity contribution in [3.8, 4) is 5.69 Å². The van der Waals surface area contributed by atoms with Gasteiger partial charge in [-0.2, -0.15) is 18.3 Å². The molecule has 2 amide bonds. The first kappa shape index (κ1) is 22.5. The van der Waals surface area contributed by atoms with Crippen LogP contribution in [0.15, 0.2) is 54.9 Å². The predicted octanol–water partition coefficient (Wildman–Crippen LogP) is 3.64. The Labute approximate surface area is 180 Å². The predicted molar refractivity (Wildman–Crippen MR) is 110 cm³/mol. The molecule has 3 aromatic rings. The van der Waals surface area contributed by atoms with E-state index in [4.69, 9.17) is 10.5 Å². The Hall–Kier alpha value is -4.15. The first-order valence-corrected chi connectivity index (χ1v) is 9.32. The van der Waals surface area contributed by atoms with Gasteiger partial charge in [0.25, 0.3) is 11.8 Å². The lowest BCUT2D eigenvalue weighted by Crippen LogP contribution is -2.19. The molecule has 166 valence electrons. The lowest BCUT2D eigenvalue weighted by Gasteiger charge is -2.08. The molecule has 11 heteroatoms. The standard InChI is InChI=1S/C21H18F3N5O3/c1-2-32-11-10-13-6-8-14(9-7-13)29-12-16(18(28-29)19(25)30)27-20(31)15-4-3-5-17(26-15)21(22,23)24/h3-12H,2H2,1H3,(H2,25,30)(H,27,31)/b11-10-. The third-order valence-electron chi connectivity index (χ3n) is 4.15. The Morgan fingerprint density at radius 2 is 1.91 bits per heavy atom. The molecule has 0 aliphatic carbocycles. The van der Waals surface area contributed by atoms with E-state index in [-0.39, 0.29) is 11.4 Å². The number of amides is 2. The maximum Gasteiger partial charge on any atom is 0.433 e. The molecule has 32 heavy (non-hydrogen) atoms. The number of anilines is 1. The summed E-state index contributed by atoms with van der Waals surface area (Å²) in [6, 6.07) is 9.91. The van der Waals surface area contributed by atoms with Gasteiger partial charge >= 0.3 is 6.18 Å². The van der Waals surface area contributed by atoms with Gasteiger partial charge in [0.15, 0.2) is 5.69 Å². The Morgan fingerprint density at radius 1 is 1.19 bits per heavy atom. The molecule has 2 heterocycles. The first-order chi connectivity index (χ1) is 15.2. The second kappa shape index (κ2) is 9.33. The quantitative estimate of drug-likeness (QED) is 0.539. The second-order valence-electron chi connectivity index (χ2n) is 6.41. The molecule has 0 aliphatic heterocycles. The number of pyridine rings is 1. The minimum atomic E-state index is -4.70. The molecule has 3 N–H and O–H groups in total. The maximum absolute atomic E-state index is 12.9. The van der Waals surface area contributed by atoms with Crippen LogP contribution in [0.3, 0.4) is 0 Å². The van der Waals surface area contributed by atoms with Crippen molar-refractivity contribution in [3.05, 3.63) is 77.6 Å². The van der Waals surface area contributed by atoms with Crippen LogP contribution in [0.1, 0.15) is 39.2 Å². The van der Waals surface area contributed by atoms with Crippen molar-refractivity contribution in [2.45, 2.75) is 13.1 Å². The molecule has 0 bridgehead atoms. The summed E-state index contributed by atoms with van der Waals surface area (Å²) in [7, 11) is 0. The average molecular weight is 445 g/mol. The number of hydrogen-bond donors (Lipinski definition) is 2. The van der Waals surface area contributed by atoms with Gasteiger partial charge in [-0.3, -0.25) is 9.59 Å². The Bertz CT molecular complexity index is 1150. The van der Waals surface area contributed by atoms with E-state index in [0.717, 1.165) is 23.8 Å². The van der Waals surface area contributed by atoms with Gasteiger partial charge in [0.2, 0.25) is 0 Å². The topological polar surface area (TPSA) is 112 Å². The minimum absolute atomic E-state index is 0.0676. The number of nitrogens with two attached hydrogens (primary N) is 1. The third kappa shape index (κ3) is 5.31. The molecule has 0 aliphatic rings. The zero-order valence-corrected chi connectivity index (χ0v) is 16.8. The maximum atomic E-state index is 12.9. The third-order valence-corrected chi connectivity index (χ3v) is 4.15. The number of ether oxygens (including phenoxy) is 1. The number of primary amides is 1. The van der Waals surface area contributed by atoms with E-state index in [1.54, 1.807) is 36.6 Å². The van der Waals surface area contributed by atoms with Gasteiger partial charge in [-0.15, -0.1) is 0 Å². The molecule has 0 saturated carbocycles. The summed E-state index contributed by atoms with van der Waals surface area (Å²) >= 11 is 0. The van der Waals surface area contributed by atoms with Crippen molar-refractivity contribution in [3.63, 3.8) is 0 Å². The number of nitrogens with zero attached hydrogens (tertiary/aromatic N) is 3. The summed E-state index contributed by atoms with van der Waals surface area (Å²) in [5.41, 5.74) is 4.73. The van der Waals surface area contributed by atoms with E-state index in [0.29, 0.717) is 12.3 Å². The number of carbonyl (C=O) groups excluding carboxylic acids is 2. The van der Waals surface area contributed by atoms with Crippen LogP contribution in [-0.4, -0.2) is 33.2 Å². The SMILES string of the molecule is CCO/C=C\c1ccc(-n2cc(NC(=O)c3cccc(C(F)(F)F)n3)c(C(N)=O)n2)cc1. The molecule has 1 aromatic carbocycles. The van der Waals surface area contributed by atoms with Crippen molar-refractivity contribution >= 4 is 23.6 Å². The van der Waals surface area contributed by atoms with Crippen LogP contribution < -0.4 is 11.1 Å². The van der Waals surface area contributed by atoms with Gasteiger partial charge in [0.05, 0.1) is 30.4 Å². The molecule has 3 rings (SSSR count). The first-order valence-electron chi connectivity index (χ1n) is 9.32.